The first-order chi connectivity index (χ1) is 13.5. The van der Waals surface area contributed by atoms with Crippen LogP contribution in [0.5, 0.6) is 11.5 Å². The molecule has 0 spiro atoms. The Morgan fingerprint density at radius 1 is 1.04 bits per heavy atom. The molecule has 2 heterocycles. The largest absolute Gasteiger partial charge is 0.486 e. The van der Waals surface area contributed by atoms with Gasteiger partial charge in [-0.15, -0.1) is 0 Å². The smallest absolute Gasteiger partial charge is 0.262 e. The number of amides is 1. The van der Waals surface area contributed by atoms with Gasteiger partial charge in [-0.25, -0.2) is 8.42 Å². The van der Waals surface area contributed by atoms with Gasteiger partial charge in [-0.1, -0.05) is 12.1 Å². The Hall–Kier alpha value is -2.74. The van der Waals surface area contributed by atoms with E-state index in [0.717, 1.165) is 12.8 Å². The number of rotatable bonds is 4. The monoisotopic (exact) mass is 402 g/mol. The molecule has 0 bridgehead atoms. The number of anilines is 1. The topological polar surface area (TPSA) is 84.9 Å². The second-order valence-electron chi connectivity index (χ2n) is 6.91. The predicted molar refractivity (Wildman–Crippen MR) is 105 cm³/mol. The quantitative estimate of drug-likeness (QED) is 0.850. The lowest BCUT2D eigenvalue weighted by Gasteiger charge is -2.21. The standard InChI is InChI=1S/C20H22N2O5S/c1-14-5-4-6-16(20(23)22-9-2-3-10-22)19(14)21-28(24,25)15-7-8-17-18(13-15)27-12-11-26-17/h4-8,13,21H,2-3,9-12H2,1H3. The fraction of sp³-hybridized carbons (Fsp3) is 0.350. The molecule has 0 radical (unpaired) electrons. The number of ether oxygens (including phenoxy) is 2. The number of benzene rings is 2. The minimum Gasteiger partial charge on any atom is -0.486 e. The second-order valence-corrected chi connectivity index (χ2v) is 8.59. The van der Waals surface area contributed by atoms with Crippen molar-refractivity contribution in [1.82, 2.24) is 4.90 Å². The zero-order valence-corrected chi connectivity index (χ0v) is 16.4. The third kappa shape index (κ3) is 3.52. The SMILES string of the molecule is Cc1cccc(C(=O)N2CCCC2)c1NS(=O)(=O)c1ccc2c(c1)OCCO2. The molecule has 1 N–H and O–H groups in total. The molecule has 148 valence electrons. The van der Waals surface area contributed by atoms with Gasteiger partial charge < -0.3 is 14.4 Å². The maximum atomic E-state index is 13.0. The summed E-state index contributed by atoms with van der Waals surface area (Å²) >= 11 is 0. The number of para-hydroxylation sites is 1. The number of carbonyl (C=O) groups excluding carboxylic acids is 1. The first kappa shape index (κ1) is 18.6. The van der Waals surface area contributed by atoms with Crippen LogP contribution in [0.3, 0.4) is 0 Å². The van der Waals surface area contributed by atoms with E-state index in [-0.39, 0.29) is 10.8 Å². The van der Waals surface area contributed by atoms with Crippen molar-refractivity contribution in [3.63, 3.8) is 0 Å². The second kappa shape index (κ2) is 7.35. The number of sulfonamides is 1. The molecule has 28 heavy (non-hydrogen) atoms. The molecule has 2 aromatic rings. The minimum atomic E-state index is -3.91. The van der Waals surface area contributed by atoms with E-state index in [9.17, 15) is 13.2 Å². The molecule has 2 aliphatic rings. The van der Waals surface area contributed by atoms with Crippen LogP contribution in [0.15, 0.2) is 41.3 Å². The van der Waals surface area contributed by atoms with E-state index < -0.39 is 10.0 Å². The number of likely N-dealkylation sites (tertiary alicyclic amines) is 1. The highest BCUT2D eigenvalue weighted by Crippen LogP contribution is 2.33. The molecule has 7 nitrogen and oxygen atoms in total. The molecule has 0 aromatic heterocycles. The zero-order valence-electron chi connectivity index (χ0n) is 15.6. The molecule has 2 aromatic carbocycles. The van der Waals surface area contributed by atoms with E-state index in [2.05, 4.69) is 4.72 Å². The lowest BCUT2D eigenvalue weighted by molar-refractivity contribution is 0.0794. The number of hydrogen-bond donors (Lipinski definition) is 1. The molecule has 0 unspecified atom stereocenters. The van der Waals surface area contributed by atoms with Crippen molar-refractivity contribution in [3.8, 4) is 11.5 Å². The van der Waals surface area contributed by atoms with E-state index >= 15 is 0 Å². The number of fused-ring (bicyclic) bond motifs is 1. The van der Waals surface area contributed by atoms with Gasteiger partial charge in [-0.3, -0.25) is 9.52 Å². The molecule has 0 atom stereocenters. The average molecular weight is 402 g/mol. The summed E-state index contributed by atoms with van der Waals surface area (Å²) < 4.78 is 39.5. The van der Waals surface area contributed by atoms with Crippen LogP contribution >= 0.6 is 0 Å². The van der Waals surface area contributed by atoms with Gasteiger partial charge in [-0.2, -0.15) is 0 Å². The first-order valence-corrected chi connectivity index (χ1v) is 10.8. The zero-order chi connectivity index (χ0) is 19.7. The maximum absolute atomic E-state index is 13.0. The number of aryl methyl sites for hydroxylation is 1. The number of hydrogen-bond acceptors (Lipinski definition) is 5. The predicted octanol–water partition coefficient (Wildman–Crippen LogP) is 2.80. The van der Waals surface area contributed by atoms with Crippen molar-refractivity contribution in [2.45, 2.75) is 24.7 Å². The molecule has 4 rings (SSSR count). The summed E-state index contributed by atoms with van der Waals surface area (Å²) in [6, 6.07) is 9.70. The highest BCUT2D eigenvalue weighted by molar-refractivity contribution is 7.92. The van der Waals surface area contributed by atoms with Crippen LogP contribution in [-0.4, -0.2) is 45.5 Å². The third-order valence-electron chi connectivity index (χ3n) is 4.96. The molecule has 1 fully saturated rings. The molecule has 0 aliphatic carbocycles. The minimum absolute atomic E-state index is 0.0552. The van der Waals surface area contributed by atoms with Crippen LogP contribution < -0.4 is 14.2 Å². The Morgan fingerprint density at radius 3 is 2.50 bits per heavy atom. The molecule has 8 heteroatoms. The Labute approximate surface area is 164 Å². The fourth-order valence-electron chi connectivity index (χ4n) is 3.46. The summed E-state index contributed by atoms with van der Waals surface area (Å²) in [5, 5.41) is 0. The Kier molecular flexibility index (Phi) is 4.89. The van der Waals surface area contributed by atoms with E-state index in [1.165, 1.54) is 12.1 Å². The van der Waals surface area contributed by atoms with Crippen molar-refractivity contribution in [1.29, 1.82) is 0 Å². The van der Waals surface area contributed by atoms with E-state index in [1.54, 1.807) is 36.1 Å². The van der Waals surface area contributed by atoms with E-state index in [0.29, 0.717) is 54.6 Å². The summed E-state index contributed by atoms with van der Waals surface area (Å²) in [6.07, 6.45) is 1.94. The van der Waals surface area contributed by atoms with Gasteiger partial charge in [0.2, 0.25) is 0 Å². The van der Waals surface area contributed by atoms with Gasteiger partial charge in [0.05, 0.1) is 16.1 Å². The molecule has 0 saturated carbocycles. The lowest BCUT2D eigenvalue weighted by atomic mass is 10.1. The molecule has 2 aliphatic heterocycles. The fourth-order valence-corrected chi connectivity index (χ4v) is 4.62. The van der Waals surface area contributed by atoms with Gasteiger partial charge in [0, 0.05) is 19.2 Å². The highest BCUT2D eigenvalue weighted by Gasteiger charge is 2.26. The summed E-state index contributed by atoms with van der Waals surface area (Å²) in [6.45, 7) is 3.98. The van der Waals surface area contributed by atoms with Crippen LogP contribution in [0.4, 0.5) is 5.69 Å². The number of nitrogens with one attached hydrogen (secondary N) is 1. The van der Waals surface area contributed by atoms with Crippen molar-refractivity contribution in [2.75, 3.05) is 31.0 Å². The lowest BCUT2D eigenvalue weighted by Crippen LogP contribution is -2.29. The summed E-state index contributed by atoms with van der Waals surface area (Å²) in [4.78, 5) is 14.7. The van der Waals surface area contributed by atoms with Gasteiger partial charge >= 0.3 is 0 Å². The summed E-state index contributed by atoms with van der Waals surface area (Å²) in [5.41, 5.74) is 1.36. The van der Waals surface area contributed by atoms with Crippen molar-refractivity contribution >= 4 is 21.6 Å². The van der Waals surface area contributed by atoms with Crippen LogP contribution in [-0.2, 0) is 10.0 Å². The van der Waals surface area contributed by atoms with Gasteiger partial charge in [0.25, 0.3) is 15.9 Å². The van der Waals surface area contributed by atoms with Gasteiger partial charge in [0.15, 0.2) is 11.5 Å². The van der Waals surface area contributed by atoms with Crippen LogP contribution in [0.2, 0.25) is 0 Å². The van der Waals surface area contributed by atoms with E-state index in [1.807, 2.05) is 0 Å². The van der Waals surface area contributed by atoms with Gasteiger partial charge in [0.1, 0.15) is 13.2 Å². The Morgan fingerprint density at radius 2 is 1.75 bits per heavy atom. The average Bonchev–Trinajstić information content (AvgIpc) is 3.23. The molecular formula is C20H22N2O5S. The van der Waals surface area contributed by atoms with Crippen molar-refractivity contribution in [2.24, 2.45) is 0 Å². The van der Waals surface area contributed by atoms with Crippen LogP contribution in [0, 0.1) is 6.92 Å². The van der Waals surface area contributed by atoms with Crippen LogP contribution in [0.25, 0.3) is 0 Å². The van der Waals surface area contributed by atoms with E-state index in [4.69, 9.17) is 9.47 Å². The normalized spacial score (nSPS) is 16.1. The molecule has 1 saturated heterocycles. The third-order valence-corrected chi connectivity index (χ3v) is 6.30. The van der Waals surface area contributed by atoms with Gasteiger partial charge in [-0.05, 0) is 43.5 Å². The summed E-state index contributed by atoms with van der Waals surface area (Å²) in [5.74, 6) is 0.763. The highest BCUT2D eigenvalue weighted by atomic mass is 32.2. The Bertz CT molecular complexity index is 1010. The molecule has 1 amide bonds. The summed E-state index contributed by atoms with van der Waals surface area (Å²) in [7, 11) is -3.91. The van der Waals surface area contributed by atoms with Crippen LogP contribution in [0.1, 0.15) is 28.8 Å². The number of carbonyl (C=O) groups is 1. The van der Waals surface area contributed by atoms with Crippen molar-refractivity contribution in [3.05, 3.63) is 47.5 Å². The molecular weight excluding hydrogens is 380 g/mol. The Balaban J connectivity index is 1.67. The maximum Gasteiger partial charge on any atom is 0.262 e. The first-order valence-electron chi connectivity index (χ1n) is 9.27. The van der Waals surface area contributed by atoms with Crippen molar-refractivity contribution < 1.29 is 22.7 Å². The number of nitrogens with zero attached hydrogens (tertiary/aromatic N) is 1.